The van der Waals surface area contributed by atoms with Gasteiger partial charge in [0.15, 0.2) is 5.82 Å². The maximum atomic E-state index is 12.9. The highest BCUT2D eigenvalue weighted by atomic mass is 35.5. The van der Waals surface area contributed by atoms with Crippen LogP contribution in [0.25, 0.3) is 5.82 Å². The highest BCUT2D eigenvalue weighted by Crippen LogP contribution is 2.29. The lowest BCUT2D eigenvalue weighted by molar-refractivity contribution is -0.137. The van der Waals surface area contributed by atoms with E-state index >= 15 is 0 Å². The van der Waals surface area contributed by atoms with Gasteiger partial charge in [0, 0.05) is 17.8 Å². The first-order chi connectivity index (χ1) is 15.7. The van der Waals surface area contributed by atoms with Crippen molar-refractivity contribution in [2.75, 3.05) is 19.6 Å². The topological polar surface area (TPSA) is 63.1 Å². The minimum atomic E-state index is -4.47. The molecule has 33 heavy (non-hydrogen) atoms. The van der Waals surface area contributed by atoms with Crippen LogP contribution in [0.15, 0.2) is 48.8 Å². The van der Waals surface area contributed by atoms with Gasteiger partial charge < -0.3 is 5.32 Å². The minimum Gasteiger partial charge on any atom is -0.350 e. The van der Waals surface area contributed by atoms with Gasteiger partial charge in [-0.05, 0) is 62.7 Å². The number of benzene rings is 1. The molecule has 4 rings (SSSR count). The monoisotopic (exact) mass is 477 g/mol. The van der Waals surface area contributed by atoms with Gasteiger partial charge in [0.1, 0.15) is 0 Å². The molecule has 0 bridgehead atoms. The van der Waals surface area contributed by atoms with E-state index in [9.17, 15) is 18.0 Å². The zero-order chi connectivity index (χ0) is 23.6. The van der Waals surface area contributed by atoms with Crippen molar-refractivity contribution in [1.82, 2.24) is 25.0 Å². The molecule has 1 atom stereocenters. The van der Waals surface area contributed by atoms with Gasteiger partial charge in [0.05, 0.1) is 29.1 Å². The summed E-state index contributed by atoms with van der Waals surface area (Å²) >= 11 is 6.19. The second-order valence-electron chi connectivity index (χ2n) is 7.98. The van der Waals surface area contributed by atoms with Crippen LogP contribution in [0.5, 0.6) is 0 Å². The first kappa shape index (κ1) is 23.3. The molecule has 0 aliphatic carbocycles. The first-order valence-electron chi connectivity index (χ1n) is 10.6. The molecule has 1 N–H and O–H groups in total. The second-order valence-corrected chi connectivity index (χ2v) is 8.42. The van der Waals surface area contributed by atoms with E-state index in [2.05, 4.69) is 20.3 Å². The highest BCUT2D eigenvalue weighted by molar-refractivity contribution is 6.30. The predicted molar refractivity (Wildman–Crippen MR) is 118 cm³/mol. The number of pyridine rings is 1. The average Bonchev–Trinajstić information content (AvgIpc) is 3.43. The van der Waals surface area contributed by atoms with Gasteiger partial charge in [-0.15, -0.1) is 0 Å². The Hall–Kier alpha value is -2.91. The SMILES string of the molecule is Cc1c(C(=O)NCC(c2cccc(Cl)c2)N2CCCC2)cnn1-c1ccc(C(F)(F)F)cn1. The summed E-state index contributed by atoms with van der Waals surface area (Å²) in [6.07, 6.45) is -0.102. The van der Waals surface area contributed by atoms with Gasteiger partial charge in [0.25, 0.3) is 5.91 Å². The van der Waals surface area contributed by atoms with E-state index in [-0.39, 0.29) is 17.8 Å². The van der Waals surface area contributed by atoms with E-state index < -0.39 is 11.7 Å². The highest BCUT2D eigenvalue weighted by Gasteiger charge is 2.31. The number of halogens is 4. The number of nitrogens with one attached hydrogen (secondary N) is 1. The summed E-state index contributed by atoms with van der Waals surface area (Å²) in [5.41, 5.74) is 1.01. The molecule has 1 fully saturated rings. The van der Waals surface area contributed by atoms with Crippen molar-refractivity contribution in [2.45, 2.75) is 32.0 Å². The molecule has 2 aromatic heterocycles. The van der Waals surface area contributed by atoms with Crippen molar-refractivity contribution in [1.29, 1.82) is 0 Å². The fourth-order valence-corrected chi connectivity index (χ4v) is 4.25. The van der Waals surface area contributed by atoms with Gasteiger partial charge >= 0.3 is 6.18 Å². The van der Waals surface area contributed by atoms with Crippen molar-refractivity contribution in [2.24, 2.45) is 0 Å². The maximum Gasteiger partial charge on any atom is 0.417 e. The number of aromatic nitrogens is 3. The van der Waals surface area contributed by atoms with Crippen LogP contribution >= 0.6 is 11.6 Å². The van der Waals surface area contributed by atoms with Gasteiger partial charge in [-0.3, -0.25) is 9.69 Å². The lowest BCUT2D eigenvalue weighted by Gasteiger charge is -2.28. The van der Waals surface area contributed by atoms with E-state index in [4.69, 9.17) is 11.6 Å². The molecule has 3 aromatic rings. The Morgan fingerprint density at radius 2 is 1.94 bits per heavy atom. The lowest BCUT2D eigenvalue weighted by atomic mass is 10.1. The van der Waals surface area contributed by atoms with Crippen LogP contribution in [0.2, 0.25) is 5.02 Å². The molecule has 174 valence electrons. The van der Waals surface area contributed by atoms with Crippen LogP contribution in [0, 0.1) is 6.92 Å². The lowest BCUT2D eigenvalue weighted by Crippen LogP contribution is -2.37. The summed E-state index contributed by atoms with van der Waals surface area (Å²) in [4.78, 5) is 19.1. The smallest absolute Gasteiger partial charge is 0.350 e. The summed E-state index contributed by atoms with van der Waals surface area (Å²) in [6, 6.07) is 9.78. The molecule has 6 nitrogen and oxygen atoms in total. The van der Waals surface area contributed by atoms with Crippen molar-refractivity contribution < 1.29 is 18.0 Å². The van der Waals surface area contributed by atoms with Crippen LogP contribution in [0.1, 0.15) is 46.1 Å². The quantitative estimate of drug-likeness (QED) is 0.553. The fourth-order valence-electron chi connectivity index (χ4n) is 4.05. The van der Waals surface area contributed by atoms with E-state index in [0.29, 0.717) is 22.8 Å². The third-order valence-electron chi connectivity index (χ3n) is 5.82. The number of amides is 1. The number of hydrogen-bond acceptors (Lipinski definition) is 4. The molecule has 0 spiro atoms. The third kappa shape index (κ3) is 5.20. The van der Waals surface area contributed by atoms with Crippen LogP contribution in [-0.4, -0.2) is 45.2 Å². The molecule has 0 radical (unpaired) electrons. The molecule has 1 saturated heterocycles. The first-order valence-corrected chi connectivity index (χ1v) is 11.0. The van der Waals surface area contributed by atoms with Gasteiger partial charge in [-0.25, -0.2) is 9.67 Å². The van der Waals surface area contributed by atoms with Crippen molar-refractivity contribution in [3.05, 3.63) is 76.2 Å². The van der Waals surface area contributed by atoms with Crippen molar-refractivity contribution in [3.8, 4) is 5.82 Å². The molecule has 1 aliphatic heterocycles. The van der Waals surface area contributed by atoms with Crippen LogP contribution in [0.4, 0.5) is 13.2 Å². The molecule has 3 heterocycles. The van der Waals surface area contributed by atoms with Crippen LogP contribution in [-0.2, 0) is 6.18 Å². The zero-order valence-corrected chi connectivity index (χ0v) is 18.7. The Balaban J connectivity index is 1.49. The number of hydrogen-bond donors (Lipinski definition) is 1. The normalized spacial score (nSPS) is 15.5. The van der Waals surface area contributed by atoms with Gasteiger partial charge in [-0.2, -0.15) is 18.3 Å². The Kier molecular flexibility index (Phi) is 6.71. The van der Waals surface area contributed by atoms with E-state index in [0.717, 1.165) is 43.8 Å². The second kappa shape index (κ2) is 9.52. The zero-order valence-electron chi connectivity index (χ0n) is 17.9. The van der Waals surface area contributed by atoms with Crippen LogP contribution < -0.4 is 5.32 Å². The van der Waals surface area contributed by atoms with Crippen LogP contribution in [0.3, 0.4) is 0 Å². The average molecular weight is 478 g/mol. The molecular formula is C23H23ClF3N5O. The molecule has 10 heteroatoms. The molecular weight excluding hydrogens is 455 g/mol. The number of carbonyl (C=O) groups is 1. The summed E-state index contributed by atoms with van der Waals surface area (Å²) in [5, 5.41) is 7.78. The summed E-state index contributed by atoms with van der Waals surface area (Å²) in [5.74, 6) is -0.106. The molecule has 1 aromatic carbocycles. The Morgan fingerprint density at radius 1 is 1.18 bits per heavy atom. The number of carbonyl (C=O) groups excluding carboxylic acids is 1. The Morgan fingerprint density at radius 3 is 2.58 bits per heavy atom. The summed E-state index contributed by atoms with van der Waals surface area (Å²) < 4.78 is 39.7. The summed E-state index contributed by atoms with van der Waals surface area (Å²) in [6.45, 7) is 3.96. The number of nitrogens with zero attached hydrogens (tertiary/aromatic N) is 4. The third-order valence-corrected chi connectivity index (χ3v) is 6.05. The molecule has 0 saturated carbocycles. The number of rotatable bonds is 6. The van der Waals surface area contributed by atoms with E-state index in [1.807, 2.05) is 24.3 Å². The van der Waals surface area contributed by atoms with Gasteiger partial charge in [0.2, 0.25) is 0 Å². The molecule has 1 unspecified atom stereocenters. The van der Waals surface area contributed by atoms with E-state index in [1.54, 1.807) is 6.92 Å². The van der Waals surface area contributed by atoms with Gasteiger partial charge in [-0.1, -0.05) is 23.7 Å². The molecule has 1 aliphatic rings. The van der Waals surface area contributed by atoms with Crippen molar-refractivity contribution in [3.63, 3.8) is 0 Å². The predicted octanol–water partition coefficient (Wildman–Crippen LogP) is 4.81. The Labute approximate surface area is 194 Å². The fraction of sp³-hybridized carbons (Fsp3) is 0.348. The summed E-state index contributed by atoms with van der Waals surface area (Å²) in [7, 11) is 0. The minimum absolute atomic E-state index is 0.0120. The maximum absolute atomic E-state index is 12.9. The largest absolute Gasteiger partial charge is 0.417 e. The standard InChI is InChI=1S/C23H23ClF3N5O/c1-15-19(13-30-32(15)21-8-7-17(12-28-21)23(25,26)27)22(33)29-14-20(31-9-2-3-10-31)16-5-4-6-18(24)11-16/h4-8,11-13,20H,2-3,9-10,14H2,1H3,(H,29,33). The number of likely N-dealkylation sites (tertiary alicyclic amines) is 1. The number of alkyl halides is 3. The van der Waals surface area contributed by atoms with E-state index in [1.165, 1.54) is 16.9 Å². The van der Waals surface area contributed by atoms with Crippen molar-refractivity contribution >= 4 is 17.5 Å². The Bertz CT molecular complexity index is 1120. The molecule has 1 amide bonds.